The first kappa shape index (κ1) is 25.5. The van der Waals surface area contributed by atoms with Gasteiger partial charge in [0.05, 0.1) is 6.61 Å². The molecule has 0 radical (unpaired) electrons. The highest BCUT2D eigenvalue weighted by atomic mass is 16.5. The van der Waals surface area contributed by atoms with Crippen molar-refractivity contribution >= 4 is 5.69 Å². The molecule has 5 rings (SSSR count). The second kappa shape index (κ2) is 14.2. The quantitative estimate of drug-likeness (QED) is 0.514. The number of hydrogen-bond donors (Lipinski definition) is 2. The van der Waals surface area contributed by atoms with Gasteiger partial charge in [0.25, 0.3) is 0 Å². The zero-order valence-electron chi connectivity index (χ0n) is 20.3. The number of aryl methyl sites for hydroxylation is 2. The molecule has 0 bridgehead atoms. The number of nitrogens with two attached hydrogens (primary N) is 1. The van der Waals surface area contributed by atoms with Crippen molar-refractivity contribution in [3.63, 3.8) is 0 Å². The molecule has 1 saturated heterocycles. The largest absolute Gasteiger partial charge is 0.508 e. The minimum Gasteiger partial charge on any atom is -0.508 e. The number of rotatable bonds is 7. The van der Waals surface area contributed by atoms with E-state index in [1.54, 1.807) is 12.1 Å². The highest BCUT2D eigenvalue weighted by Gasteiger charge is 2.21. The second-order valence-electron chi connectivity index (χ2n) is 8.76. The van der Waals surface area contributed by atoms with Crippen molar-refractivity contribution in [3.8, 4) is 11.5 Å². The lowest BCUT2D eigenvalue weighted by molar-refractivity contribution is 0.300. The van der Waals surface area contributed by atoms with E-state index in [-0.39, 0.29) is 0 Å². The van der Waals surface area contributed by atoms with Gasteiger partial charge in [0, 0.05) is 31.2 Å². The van der Waals surface area contributed by atoms with Gasteiger partial charge in [-0.25, -0.2) is 9.97 Å². The maximum Gasteiger partial charge on any atom is 0.119 e. The van der Waals surface area contributed by atoms with Crippen LogP contribution in [0.5, 0.6) is 11.5 Å². The number of aromatic hydroxyl groups is 1. The van der Waals surface area contributed by atoms with Crippen molar-refractivity contribution < 1.29 is 9.84 Å². The van der Waals surface area contributed by atoms with Crippen LogP contribution in [-0.2, 0) is 12.8 Å². The molecule has 34 heavy (non-hydrogen) atoms. The van der Waals surface area contributed by atoms with E-state index < -0.39 is 0 Å². The molecule has 0 amide bonds. The lowest BCUT2D eigenvalue weighted by atomic mass is 10.1. The third-order valence-corrected chi connectivity index (χ3v) is 5.74. The SMILES string of the molecule is CCN.Oc1ccc(CCc2cncnc2)cc1.c1cc(N2CCCC2)ccc1OCC1CC1. The van der Waals surface area contributed by atoms with E-state index in [0.717, 1.165) is 43.2 Å². The van der Waals surface area contributed by atoms with E-state index in [0.29, 0.717) is 5.75 Å². The monoisotopic (exact) mass is 462 g/mol. The molecular weight excluding hydrogens is 424 g/mol. The predicted molar refractivity (Wildman–Crippen MR) is 138 cm³/mol. The van der Waals surface area contributed by atoms with E-state index in [1.807, 2.05) is 31.5 Å². The second-order valence-corrected chi connectivity index (χ2v) is 8.76. The van der Waals surface area contributed by atoms with Crippen molar-refractivity contribution in [3.05, 3.63) is 78.4 Å². The molecule has 1 saturated carbocycles. The molecule has 3 N–H and O–H groups in total. The Hall–Kier alpha value is -3.12. The Morgan fingerprint density at radius 3 is 2.09 bits per heavy atom. The van der Waals surface area contributed by atoms with E-state index >= 15 is 0 Å². The molecule has 1 aromatic heterocycles. The number of phenolic OH excluding ortho intramolecular Hbond substituents is 1. The van der Waals surface area contributed by atoms with Crippen LogP contribution >= 0.6 is 0 Å². The number of hydrogen-bond acceptors (Lipinski definition) is 6. The molecule has 2 fully saturated rings. The molecule has 6 nitrogen and oxygen atoms in total. The van der Waals surface area contributed by atoms with Gasteiger partial charge < -0.3 is 20.5 Å². The van der Waals surface area contributed by atoms with E-state index in [4.69, 9.17) is 15.6 Å². The highest BCUT2D eigenvalue weighted by Crippen LogP contribution is 2.30. The van der Waals surface area contributed by atoms with E-state index in [1.165, 1.54) is 56.4 Å². The highest BCUT2D eigenvalue weighted by molar-refractivity contribution is 5.49. The molecule has 182 valence electrons. The average molecular weight is 463 g/mol. The number of benzene rings is 2. The standard InChI is InChI=1S/C14H19NO.C12H12N2O.C2H7N/c1-2-10-15(9-1)13-5-7-14(8-6-13)16-11-12-3-4-12;15-12-5-3-10(4-6-12)1-2-11-7-13-9-14-8-11;1-2-3/h5-8,12H,1-4,9-11H2;3-9,15H,1-2H2;2-3H2,1H3. The number of nitrogens with zero attached hydrogens (tertiary/aromatic N) is 3. The van der Waals surface area contributed by atoms with Crippen LogP contribution in [0, 0.1) is 5.92 Å². The van der Waals surface area contributed by atoms with Crippen molar-refractivity contribution in [2.24, 2.45) is 11.7 Å². The molecular formula is C28H38N4O2. The summed E-state index contributed by atoms with van der Waals surface area (Å²) in [7, 11) is 0. The zero-order chi connectivity index (χ0) is 24.0. The fourth-order valence-electron chi connectivity index (χ4n) is 3.64. The Morgan fingerprint density at radius 2 is 1.50 bits per heavy atom. The lowest BCUT2D eigenvalue weighted by Crippen LogP contribution is -2.17. The van der Waals surface area contributed by atoms with Gasteiger partial charge in [-0.1, -0.05) is 19.1 Å². The van der Waals surface area contributed by atoms with Crippen LogP contribution in [0.15, 0.2) is 67.3 Å². The minimum absolute atomic E-state index is 0.307. The minimum atomic E-state index is 0.307. The summed E-state index contributed by atoms with van der Waals surface area (Å²) in [5.41, 5.74) is 8.53. The summed E-state index contributed by atoms with van der Waals surface area (Å²) in [4.78, 5) is 10.4. The number of aromatic nitrogens is 2. The summed E-state index contributed by atoms with van der Waals surface area (Å²) in [6.45, 7) is 5.98. The molecule has 2 heterocycles. The number of anilines is 1. The van der Waals surface area contributed by atoms with Crippen LogP contribution in [0.25, 0.3) is 0 Å². The Balaban J connectivity index is 0.000000172. The first-order valence-corrected chi connectivity index (χ1v) is 12.4. The van der Waals surface area contributed by atoms with Crippen LogP contribution in [0.1, 0.15) is 43.7 Å². The fraction of sp³-hybridized carbons (Fsp3) is 0.429. The van der Waals surface area contributed by atoms with Crippen LogP contribution in [0.3, 0.4) is 0 Å². The predicted octanol–water partition coefficient (Wildman–Crippen LogP) is 5.01. The lowest BCUT2D eigenvalue weighted by Gasteiger charge is -2.17. The summed E-state index contributed by atoms with van der Waals surface area (Å²) in [5, 5.41) is 9.12. The van der Waals surface area contributed by atoms with Gasteiger partial charge in [-0.3, -0.25) is 0 Å². The van der Waals surface area contributed by atoms with E-state index in [9.17, 15) is 0 Å². The zero-order valence-corrected chi connectivity index (χ0v) is 20.3. The molecule has 0 unspecified atom stereocenters. The summed E-state index contributed by atoms with van der Waals surface area (Å²) < 4.78 is 5.73. The summed E-state index contributed by atoms with van der Waals surface area (Å²) in [6.07, 6.45) is 12.4. The van der Waals surface area contributed by atoms with Gasteiger partial charge in [-0.2, -0.15) is 0 Å². The first-order valence-electron chi connectivity index (χ1n) is 12.4. The molecule has 2 aliphatic rings. The molecule has 1 aliphatic carbocycles. The topological polar surface area (TPSA) is 84.5 Å². The molecule has 0 spiro atoms. The Morgan fingerprint density at radius 1 is 0.912 bits per heavy atom. The van der Waals surface area contributed by atoms with Crippen molar-refractivity contribution in [2.75, 3.05) is 31.1 Å². The van der Waals surface area contributed by atoms with Crippen LogP contribution in [-0.4, -0.2) is 41.3 Å². The van der Waals surface area contributed by atoms with Crippen LogP contribution in [0.2, 0.25) is 0 Å². The molecule has 0 atom stereocenters. The summed E-state index contributed by atoms with van der Waals surface area (Å²) >= 11 is 0. The van der Waals surface area contributed by atoms with Crippen LogP contribution < -0.4 is 15.4 Å². The number of phenols is 1. The van der Waals surface area contributed by atoms with Gasteiger partial charge >= 0.3 is 0 Å². The maximum absolute atomic E-state index is 9.12. The normalized spacial score (nSPS) is 14.5. The molecule has 1 aliphatic heterocycles. The van der Waals surface area contributed by atoms with E-state index in [2.05, 4.69) is 39.1 Å². The molecule has 2 aromatic carbocycles. The Kier molecular flexibility index (Phi) is 10.7. The fourth-order valence-corrected chi connectivity index (χ4v) is 3.64. The van der Waals surface area contributed by atoms with Gasteiger partial charge in [-0.05, 0) is 98.5 Å². The summed E-state index contributed by atoms with van der Waals surface area (Å²) in [5.74, 6) is 2.16. The van der Waals surface area contributed by atoms with Crippen molar-refractivity contribution in [2.45, 2.75) is 45.4 Å². The summed E-state index contributed by atoms with van der Waals surface area (Å²) in [6, 6.07) is 15.9. The van der Waals surface area contributed by atoms with Gasteiger partial charge in [0.1, 0.15) is 17.8 Å². The van der Waals surface area contributed by atoms with Gasteiger partial charge in [-0.15, -0.1) is 0 Å². The van der Waals surface area contributed by atoms with Gasteiger partial charge in [0.15, 0.2) is 0 Å². The Labute approximate surface area is 203 Å². The third kappa shape index (κ3) is 9.40. The maximum atomic E-state index is 9.12. The Bertz CT molecular complexity index is 923. The third-order valence-electron chi connectivity index (χ3n) is 5.74. The molecule has 3 aromatic rings. The smallest absolute Gasteiger partial charge is 0.119 e. The van der Waals surface area contributed by atoms with Gasteiger partial charge in [0.2, 0.25) is 0 Å². The number of ether oxygens (including phenoxy) is 1. The molecule has 6 heteroatoms. The first-order chi connectivity index (χ1) is 16.7. The van der Waals surface area contributed by atoms with Crippen molar-refractivity contribution in [1.29, 1.82) is 0 Å². The van der Waals surface area contributed by atoms with Crippen molar-refractivity contribution in [1.82, 2.24) is 9.97 Å². The average Bonchev–Trinajstić information content (AvgIpc) is 3.55. The van der Waals surface area contributed by atoms with Crippen LogP contribution in [0.4, 0.5) is 5.69 Å².